The van der Waals surface area contributed by atoms with Crippen molar-refractivity contribution in [1.82, 2.24) is 4.90 Å². The van der Waals surface area contributed by atoms with Gasteiger partial charge in [0.2, 0.25) is 0 Å². The number of aryl methyl sites for hydroxylation is 1. The molecule has 1 aliphatic heterocycles. The number of benzene rings is 1. The molecule has 16 heavy (non-hydrogen) atoms. The molecular weight excluding hydrogens is 218 g/mol. The summed E-state index contributed by atoms with van der Waals surface area (Å²) in [5.74, 6) is 0.662. The molecule has 1 heterocycles. The average Bonchev–Trinajstić information content (AvgIpc) is 2.27. The van der Waals surface area contributed by atoms with Gasteiger partial charge in [0, 0.05) is 18.5 Å². The fraction of sp³-hybridized carbons (Fsp3) is 0.571. The molecule has 0 aromatic heterocycles. The van der Waals surface area contributed by atoms with Crippen LogP contribution in [0.3, 0.4) is 0 Å². The lowest BCUT2D eigenvalue weighted by Gasteiger charge is -2.34. The molecule has 0 amide bonds. The highest BCUT2D eigenvalue weighted by Crippen LogP contribution is 2.23. The number of rotatable bonds is 2. The van der Waals surface area contributed by atoms with Gasteiger partial charge in [0.05, 0.1) is 0 Å². The molecule has 1 aromatic rings. The number of alkyl halides is 1. The van der Waals surface area contributed by atoms with Crippen LogP contribution in [-0.4, -0.2) is 23.4 Å². The summed E-state index contributed by atoms with van der Waals surface area (Å²) in [5, 5.41) is 0.317. The molecule has 1 nitrogen and oxygen atoms in total. The number of nitrogens with zero attached hydrogens (tertiary/aromatic N) is 1. The molecule has 0 saturated carbocycles. The van der Waals surface area contributed by atoms with E-state index >= 15 is 0 Å². The lowest BCUT2D eigenvalue weighted by Crippen LogP contribution is -2.39. The number of piperidine rings is 1. The van der Waals surface area contributed by atoms with Crippen molar-refractivity contribution in [2.75, 3.05) is 13.1 Å². The van der Waals surface area contributed by atoms with Gasteiger partial charge in [-0.1, -0.05) is 31.2 Å². The van der Waals surface area contributed by atoms with Crippen LogP contribution < -0.4 is 0 Å². The molecule has 2 atom stereocenters. The van der Waals surface area contributed by atoms with E-state index in [2.05, 4.69) is 43.0 Å². The lowest BCUT2D eigenvalue weighted by molar-refractivity contribution is 0.189. The standard InChI is InChI=1S/C14H20ClN/c1-11-5-3-4-6-13(11)9-16-8-7-12(2)14(15)10-16/h3-6,12,14H,7-10H2,1-2H3. The first kappa shape index (κ1) is 11.9. The van der Waals surface area contributed by atoms with E-state index in [1.807, 2.05) is 0 Å². The van der Waals surface area contributed by atoms with E-state index in [0.717, 1.165) is 13.1 Å². The quantitative estimate of drug-likeness (QED) is 0.713. The number of likely N-dealkylation sites (tertiary alicyclic amines) is 1. The van der Waals surface area contributed by atoms with E-state index < -0.39 is 0 Å². The minimum Gasteiger partial charge on any atom is -0.298 e. The van der Waals surface area contributed by atoms with Crippen LogP contribution in [-0.2, 0) is 6.54 Å². The van der Waals surface area contributed by atoms with Crippen LogP contribution >= 0.6 is 11.6 Å². The van der Waals surface area contributed by atoms with E-state index in [1.54, 1.807) is 0 Å². The van der Waals surface area contributed by atoms with E-state index in [0.29, 0.717) is 11.3 Å². The van der Waals surface area contributed by atoms with Crippen LogP contribution in [0.15, 0.2) is 24.3 Å². The minimum absolute atomic E-state index is 0.317. The second-order valence-corrected chi connectivity index (χ2v) is 5.50. The Morgan fingerprint density at radius 3 is 2.81 bits per heavy atom. The zero-order valence-electron chi connectivity index (χ0n) is 10.1. The Morgan fingerprint density at radius 1 is 1.38 bits per heavy atom. The lowest BCUT2D eigenvalue weighted by atomic mass is 9.98. The number of hydrogen-bond acceptors (Lipinski definition) is 1. The summed E-state index contributed by atoms with van der Waals surface area (Å²) in [7, 11) is 0. The second kappa shape index (κ2) is 5.20. The molecule has 1 aliphatic rings. The first-order chi connectivity index (χ1) is 7.66. The molecule has 88 valence electrons. The summed E-state index contributed by atoms with van der Waals surface area (Å²) in [6.45, 7) is 7.68. The van der Waals surface area contributed by atoms with Crippen molar-refractivity contribution < 1.29 is 0 Å². The third-order valence-electron chi connectivity index (χ3n) is 3.61. The zero-order valence-corrected chi connectivity index (χ0v) is 10.9. The molecule has 0 radical (unpaired) electrons. The normalized spacial score (nSPS) is 26.9. The summed E-state index contributed by atoms with van der Waals surface area (Å²) in [6.07, 6.45) is 1.22. The highest BCUT2D eigenvalue weighted by molar-refractivity contribution is 6.21. The minimum atomic E-state index is 0.317. The Labute approximate surface area is 103 Å². The molecule has 0 aliphatic carbocycles. The fourth-order valence-electron chi connectivity index (χ4n) is 2.26. The summed E-state index contributed by atoms with van der Waals surface area (Å²) in [4.78, 5) is 2.47. The predicted octanol–water partition coefficient (Wildman–Crippen LogP) is 3.44. The van der Waals surface area contributed by atoms with Crippen LogP contribution in [0.2, 0.25) is 0 Å². The van der Waals surface area contributed by atoms with E-state index in [-0.39, 0.29) is 0 Å². The van der Waals surface area contributed by atoms with Crippen molar-refractivity contribution >= 4 is 11.6 Å². The van der Waals surface area contributed by atoms with Crippen molar-refractivity contribution in [2.45, 2.75) is 32.2 Å². The first-order valence-electron chi connectivity index (χ1n) is 6.07. The van der Waals surface area contributed by atoms with Crippen LogP contribution in [0, 0.1) is 12.8 Å². The van der Waals surface area contributed by atoms with Gasteiger partial charge in [0.1, 0.15) is 0 Å². The van der Waals surface area contributed by atoms with Gasteiger partial charge in [-0.2, -0.15) is 0 Å². The topological polar surface area (TPSA) is 3.24 Å². The summed E-state index contributed by atoms with van der Waals surface area (Å²) < 4.78 is 0. The Hall–Kier alpha value is -0.530. The number of halogens is 1. The Kier molecular flexibility index (Phi) is 3.88. The molecular formula is C14H20ClN. The SMILES string of the molecule is Cc1ccccc1CN1CCC(C)C(Cl)C1. The van der Waals surface area contributed by atoms with Gasteiger partial charge in [-0.15, -0.1) is 11.6 Å². The van der Waals surface area contributed by atoms with Crippen LogP contribution in [0.1, 0.15) is 24.5 Å². The van der Waals surface area contributed by atoms with Gasteiger partial charge in [-0.25, -0.2) is 0 Å². The van der Waals surface area contributed by atoms with Gasteiger partial charge < -0.3 is 0 Å². The predicted molar refractivity (Wildman–Crippen MR) is 69.9 cm³/mol. The maximum absolute atomic E-state index is 6.33. The zero-order chi connectivity index (χ0) is 11.5. The van der Waals surface area contributed by atoms with E-state index in [1.165, 1.54) is 24.1 Å². The molecule has 0 bridgehead atoms. The first-order valence-corrected chi connectivity index (χ1v) is 6.51. The summed E-state index contributed by atoms with van der Waals surface area (Å²) in [5.41, 5.74) is 2.81. The van der Waals surface area contributed by atoms with Crippen molar-refractivity contribution in [3.63, 3.8) is 0 Å². The summed E-state index contributed by atoms with van der Waals surface area (Å²) in [6, 6.07) is 8.62. The van der Waals surface area contributed by atoms with Crippen LogP contribution in [0.5, 0.6) is 0 Å². The molecule has 0 spiro atoms. The third-order valence-corrected chi connectivity index (χ3v) is 4.17. The fourth-order valence-corrected chi connectivity index (χ4v) is 2.58. The van der Waals surface area contributed by atoms with Crippen molar-refractivity contribution in [3.05, 3.63) is 35.4 Å². The Morgan fingerprint density at radius 2 is 2.12 bits per heavy atom. The van der Waals surface area contributed by atoms with Gasteiger partial charge in [0.15, 0.2) is 0 Å². The number of hydrogen-bond donors (Lipinski definition) is 0. The van der Waals surface area contributed by atoms with Gasteiger partial charge in [-0.3, -0.25) is 4.90 Å². The molecule has 1 aromatic carbocycles. The highest BCUT2D eigenvalue weighted by Gasteiger charge is 2.24. The highest BCUT2D eigenvalue weighted by atomic mass is 35.5. The molecule has 2 unspecified atom stereocenters. The molecule has 0 N–H and O–H groups in total. The van der Waals surface area contributed by atoms with E-state index in [9.17, 15) is 0 Å². The Balaban J connectivity index is 1.98. The van der Waals surface area contributed by atoms with Gasteiger partial charge in [-0.05, 0) is 36.9 Å². The second-order valence-electron chi connectivity index (χ2n) is 4.94. The van der Waals surface area contributed by atoms with E-state index in [4.69, 9.17) is 11.6 Å². The van der Waals surface area contributed by atoms with Gasteiger partial charge in [0.25, 0.3) is 0 Å². The largest absolute Gasteiger partial charge is 0.298 e. The van der Waals surface area contributed by atoms with Crippen molar-refractivity contribution in [3.8, 4) is 0 Å². The monoisotopic (exact) mass is 237 g/mol. The molecule has 2 rings (SSSR count). The van der Waals surface area contributed by atoms with Crippen molar-refractivity contribution in [1.29, 1.82) is 0 Å². The maximum atomic E-state index is 6.33. The smallest absolute Gasteiger partial charge is 0.0489 e. The molecule has 1 fully saturated rings. The average molecular weight is 238 g/mol. The van der Waals surface area contributed by atoms with Crippen LogP contribution in [0.4, 0.5) is 0 Å². The van der Waals surface area contributed by atoms with Crippen molar-refractivity contribution in [2.24, 2.45) is 5.92 Å². The Bertz CT molecular complexity index is 350. The molecule has 2 heteroatoms. The third kappa shape index (κ3) is 2.78. The van der Waals surface area contributed by atoms with Gasteiger partial charge >= 0.3 is 0 Å². The molecule has 1 saturated heterocycles. The van der Waals surface area contributed by atoms with Crippen LogP contribution in [0.25, 0.3) is 0 Å². The summed E-state index contributed by atoms with van der Waals surface area (Å²) >= 11 is 6.33. The maximum Gasteiger partial charge on any atom is 0.0489 e.